The van der Waals surface area contributed by atoms with E-state index in [0.29, 0.717) is 23.8 Å². The molecule has 0 bridgehead atoms. The van der Waals surface area contributed by atoms with Crippen molar-refractivity contribution in [3.8, 4) is 0 Å². The number of ketones is 1. The lowest BCUT2D eigenvalue weighted by atomic mass is 10.1. The highest BCUT2D eigenvalue weighted by Crippen LogP contribution is 2.18. The van der Waals surface area contributed by atoms with Crippen LogP contribution in [0.2, 0.25) is 5.02 Å². The first-order chi connectivity index (χ1) is 8.93. The van der Waals surface area contributed by atoms with Crippen molar-refractivity contribution >= 4 is 27.2 Å². The average molecular weight is 306 g/mol. The first kappa shape index (κ1) is 14.5. The topological polar surface area (TPSA) is 81.1 Å². The lowest BCUT2D eigenvalue weighted by molar-refractivity contribution is 0.0961. The van der Waals surface area contributed by atoms with E-state index in [4.69, 9.17) is 11.6 Å². The molecule has 0 saturated carbocycles. The lowest BCUT2D eigenvalue weighted by Gasteiger charge is -2.23. The van der Waals surface area contributed by atoms with Gasteiger partial charge in [0.05, 0.1) is 22.7 Å². The summed E-state index contributed by atoms with van der Waals surface area (Å²) < 4.78 is 24.6. The zero-order valence-corrected chi connectivity index (χ0v) is 12.2. The van der Waals surface area contributed by atoms with Gasteiger partial charge in [-0.05, 0) is 6.92 Å². The summed E-state index contributed by atoms with van der Waals surface area (Å²) in [5, 5.41) is 7.36. The van der Waals surface area contributed by atoms with Crippen molar-refractivity contribution in [3.05, 3.63) is 16.9 Å². The third-order valence-electron chi connectivity index (χ3n) is 3.09. The van der Waals surface area contributed by atoms with Crippen LogP contribution in [-0.4, -0.2) is 48.1 Å². The van der Waals surface area contributed by atoms with Crippen LogP contribution < -0.4 is 5.32 Å². The average Bonchev–Trinajstić information content (AvgIpc) is 2.69. The number of Topliss-reactive ketones (excluding diaryl/α,β-unsaturated/α-hetero) is 1. The fraction of sp³-hybridized carbons (Fsp3) is 0.636. The smallest absolute Gasteiger partial charge is 0.183 e. The number of nitrogens with zero attached hydrogens (tertiary/aromatic N) is 2. The molecule has 6 nitrogen and oxygen atoms in total. The molecule has 19 heavy (non-hydrogen) atoms. The second-order valence-corrected chi connectivity index (χ2v) is 7.19. The van der Waals surface area contributed by atoms with Gasteiger partial charge in [-0.25, -0.2) is 8.42 Å². The van der Waals surface area contributed by atoms with Gasteiger partial charge < -0.3 is 5.32 Å². The fourth-order valence-electron chi connectivity index (χ4n) is 2.20. The highest BCUT2D eigenvalue weighted by molar-refractivity contribution is 7.91. The molecule has 1 aromatic rings. The van der Waals surface area contributed by atoms with E-state index in [9.17, 15) is 13.2 Å². The van der Waals surface area contributed by atoms with E-state index in [1.165, 1.54) is 10.9 Å². The molecule has 1 aliphatic heterocycles. The van der Waals surface area contributed by atoms with Crippen LogP contribution in [0.3, 0.4) is 0 Å². The van der Waals surface area contributed by atoms with Gasteiger partial charge in [0.15, 0.2) is 15.6 Å². The Morgan fingerprint density at radius 2 is 2.37 bits per heavy atom. The van der Waals surface area contributed by atoms with Crippen molar-refractivity contribution in [1.82, 2.24) is 15.1 Å². The predicted octanol–water partition coefficient (Wildman–Crippen LogP) is 0.516. The summed E-state index contributed by atoms with van der Waals surface area (Å²) in [6, 6.07) is -0.345. The van der Waals surface area contributed by atoms with Crippen molar-refractivity contribution in [1.29, 1.82) is 0 Å². The zero-order valence-electron chi connectivity index (χ0n) is 10.6. The number of halogens is 1. The van der Waals surface area contributed by atoms with Crippen LogP contribution in [0.25, 0.3) is 0 Å². The van der Waals surface area contributed by atoms with E-state index in [0.717, 1.165) is 0 Å². The summed E-state index contributed by atoms with van der Waals surface area (Å²) in [4.78, 5) is 12.2. The van der Waals surface area contributed by atoms with Gasteiger partial charge in [0.2, 0.25) is 0 Å². The van der Waals surface area contributed by atoms with Gasteiger partial charge in [0, 0.05) is 25.6 Å². The van der Waals surface area contributed by atoms with Crippen LogP contribution in [0.5, 0.6) is 0 Å². The quantitative estimate of drug-likeness (QED) is 0.820. The lowest BCUT2D eigenvalue weighted by Crippen LogP contribution is -2.46. The zero-order chi connectivity index (χ0) is 14.0. The normalized spacial score (nSPS) is 22.3. The third-order valence-corrected chi connectivity index (χ3v) is 5.10. The first-order valence-electron chi connectivity index (χ1n) is 6.11. The van der Waals surface area contributed by atoms with E-state index < -0.39 is 9.84 Å². The Balaban J connectivity index is 2.11. The summed E-state index contributed by atoms with van der Waals surface area (Å²) in [6.45, 7) is 2.80. The van der Waals surface area contributed by atoms with Gasteiger partial charge in [0.1, 0.15) is 5.69 Å². The molecular weight excluding hydrogens is 290 g/mol. The van der Waals surface area contributed by atoms with Crippen LogP contribution in [0.4, 0.5) is 0 Å². The van der Waals surface area contributed by atoms with Crippen molar-refractivity contribution in [3.63, 3.8) is 0 Å². The molecule has 0 amide bonds. The van der Waals surface area contributed by atoms with E-state index in [2.05, 4.69) is 10.4 Å². The third kappa shape index (κ3) is 3.34. The van der Waals surface area contributed by atoms with E-state index in [1.54, 1.807) is 0 Å². The molecule has 0 spiro atoms. The number of carbonyl (C=O) groups is 1. The highest BCUT2D eigenvalue weighted by Gasteiger charge is 2.28. The minimum Gasteiger partial charge on any atom is -0.312 e. The molecule has 1 atom stereocenters. The standard InChI is InChI=1S/C11H16ClN3O3S/c1-2-15-11(9(12)6-14-15)10(16)5-8-7-19(17,18)4-3-13-8/h6,8,13H,2-5,7H2,1H3. The Bertz CT molecular complexity index is 582. The fourth-order valence-corrected chi connectivity index (χ4v) is 3.89. The molecule has 2 rings (SSSR count). The first-order valence-corrected chi connectivity index (χ1v) is 8.31. The molecule has 1 saturated heterocycles. The maximum Gasteiger partial charge on any atom is 0.183 e. The van der Waals surface area contributed by atoms with E-state index in [-0.39, 0.29) is 29.8 Å². The monoisotopic (exact) mass is 305 g/mol. The largest absolute Gasteiger partial charge is 0.312 e. The summed E-state index contributed by atoms with van der Waals surface area (Å²) in [6.07, 6.45) is 1.55. The number of carbonyl (C=O) groups excluding carboxylic acids is 1. The molecular formula is C11H16ClN3O3S. The van der Waals surface area contributed by atoms with Gasteiger partial charge in [0.25, 0.3) is 0 Å². The Morgan fingerprint density at radius 3 is 3.00 bits per heavy atom. The molecule has 0 radical (unpaired) electrons. The van der Waals surface area contributed by atoms with Crippen LogP contribution >= 0.6 is 11.6 Å². The summed E-state index contributed by atoms with van der Waals surface area (Å²) in [5.74, 6) is -0.0546. The van der Waals surface area contributed by atoms with Crippen LogP contribution in [-0.2, 0) is 16.4 Å². The number of aromatic nitrogens is 2. The number of hydrogen-bond acceptors (Lipinski definition) is 5. The molecule has 1 unspecified atom stereocenters. The maximum absolute atomic E-state index is 12.2. The SMILES string of the molecule is CCn1ncc(Cl)c1C(=O)CC1CS(=O)(=O)CCN1. The molecule has 1 aliphatic rings. The summed E-state index contributed by atoms with van der Waals surface area (Å²) >= 11 is 5.95. The van der Waals surface area contributed by atoms with Crippen molar-refractivity contribution in [2.45, 2.75) is 25.9 Å². The van der Waals surface area contributed by atoms with Crippen LogP contribution in [0, 0.1) is 0 Å². The van der Waals surface area contributed by atoms with E-state index >= 15 is 0 Å². The molecule has 8 heteroatoms. The number of sulfone groups is 1. The summed E-state index contributed by atoms with van der Waals surface area (Å²) in [5.41, 5.74) is 0.355. The highest BCUT2D eigenvalue weighted by atomic mass is 35.5. The Labute approximate surface area is 117 Å². The Kier molecular flexibility index (Phi) is 4.27. The van der Waals surface area contributed by atoms with E-state index in [1.807, 2.05) is 6.92 Å². The second kappa shape index (κ2) is 5.60. The van der Waals surface area contributed by atoms with Crippen molar-refractivity contribution in [2.24, 2.45) is 0 Å². The van der Waals surface area contributed by atoms with Crippen molar-refractivity contribution < 1.29 is 13.2 Å². The Morgan fingerprint density at radius 1 is 1.63 bits per heavy atom. The van der Waals surface area contributed by atoms with Crippen molar-refractivity contribution in [2.75, 3.05) is 18.1 Å². The maximum atomic E-state index is 12.2. The van der Waals surface area contributed by atoms with Crippen LogP contribution in [0.15, 0.2) is 6.20 Å². The molecule has 1 N–H and O–H groups in total. The minimum absolute atomic E-state index is 0.00335. The number of nitrogens with one attached hydrogen (secondary N) is 1. The number of aryl methyl sites for hydroxylation is 1. The molecule has 106 valence electrons. The minimum atomic E-state index is -3.04. The Hall–Kier alpha value is -0.920. The molecule has 0 aromatic carbocycles. The van der Waals surface area contributed by atoms with Gasteiger partial charge >= 0.3 is 0 Å². The van der Waals surface area contributed by atoms with Crippen LogP contribution in [0.1, 0.15) is 23.8 Å². The predicted molar refractivity (Wildman–Crippen MR) is 72.3 cm³/mol. The van der Waals surface area contributed by atoms with Gasteiger partial charge in [-0.1, -0.05) is 11.6 Å². The molecule has 1 fully saturated rings. The second-order valence-electron chi connectivity index (χ2n) is 4.55. The summed E-state index contributed by atoms with van der Waals surface area (Å²) in [7, 11) is -3.04. The molecule has 1 aromatic heterocycles. The molecule has 0 aliphatic carbocycles. The van der Waals surface area contributed by atoms with Gasteiger partial charge in [-0.3, -0.25) is 9.48 Å². The van der Waals surface area contributed by atoms with Gasteiger partial charge in [-0.2, -0.15) is 5.10 Å². The number of hydrogen-bond donors (Lipinski definition) is 1. The molecule has 2 heterocycles. The van der Waals surface area contributed by atoms with Gasteiger partial charge in [-0.15, -0.1) is 0 Å². The number of rotatable bonds is 4.